The van der Waals surface area contributed by atoms with Gasteiger partial charge in [-0.15, -0.1) is 11.3 Å². The molecule has 1 aliphatic heterocycles. The zero-order valence-electron chi connectivity index (χ0n) is 17.9. The lowest BCUT2D eigenvalue weighted by Crippen LogP contribution is -2.43. The predicted molar refractivity (Wildman–Crippen MR) is 124 cm³/mol. The number of aromatic nitrogens is 3. The van der Waals surface area contributed by atoms with Gasteiger partial charge in [0.25, 0.3) is 0 Å². The topological polar surface area (TPSA) is 79.1 Å². The molecule has 0 radical (unpaired) electrons. The maximum absolute atomic E-state index is 4.95. The summed E-state index contributed by atoms with van der Waals surface area (Å²) in [5.74, 6) is 1.62. The molecule has 3 aliphatic rings. The second-order valence-corrected chi connectivity index (χ2v) is 10.3. The first kappa shape index (κ1) is 19.5. The molecule has 0 unspecified atom stereocenters. The molecule has 31 heavy (non-hydrogen) atoms. The zero-order valence-corrected chi connectivity index (χ0v) is 18.7. The fourth-order valence-corrected chi connectivity index (χ4v) is 6.88. The molecule has 4 heterocycles. The van der Waals surface area contributed by atoms with Gasteiger partial charge in [-0.2, -0.15) is 4.98 Å². The number of aryl methyl sites for hydroxylation is 2. The minimum Gasteiger partial charge on any atom is -0.367 e. The van der Waals surface area contributed by atoms with Crippen molar-refractivity contribution in [3.05, 3.63) is 22.9 Å². The fourth-order valence-electron chi connectivity index (χ4n) is 5.61. The van der Waals surface area contributed by atoms with E-state index < -0.39 is 0 Å². The summed E-state index contributed by atoms with van der Waals surface area (Å²) in [4.78, 5) is 15.1. The molecule has 0 bridgehead atoms. The van der Waals surface area contributed by atoms with Crippen molar-refractivity contribution in [3.8, 4) is 0 Å². The summed E-state index contributed by atoms with van der Waals surface area (Å²) in [7, 11) is 0. The van der Waals surface area contributed by atoms with Crippen LogP contribution in [0.15, 0.2) is 17.0 Å². The van der Waals surface area contributed by atoms with E-state index in [1.807, 2.05) is 11.3 Å². The Hall–Kier alpha value is -2.19. The third-order valence-corrected chi connectivity index (χ3v) is 8.38. The molecule has 0 spiro atoms. The summed E-state index contributed by atoms with van der Waals surface area (Å²) in [6, 6.07) is 1.26. The Morgan fingerprint density at radius 3 is 2.68 bits per heavy atom. The van der Waals surface area contributed by atoms with E-state index in [0.717, 1.165) is 28.8 Å². The van der Waals surface area contributed by atoms with Crippen molar-refractivity contribution in [1.82, 2.24) is 20.0 Å². The highest BCUT2D eigenvalue weighted by molar-refractivity contribution is 7.19. The van der Waals surface area contributed by atoms with Gasteiger partial charge in [-0.25, -0.2) is 4.98 Å². The fraction of sp³-hybridized carbons (Fsp3) is 0.609. The average Bonchev–Trinajstić information content (AvgIpc) is 3.53. The first-order chi connectivity index (χ1) is 15.3. The number of hydrogen-bond donors (Lipinski definition) is 2. The summed E-state index contributed by atoms with van der Waals surface area (Å²) in [5.41, 5.74) is 2.25. The number of rotatable bonds is 5. The molecule has 6 rings (SSSR count). The van der Waals surface area contributed by atoms with Crippen molar-refractivity contribution in [2.24, 2.45) is 0 Å². The zero-order chi connectivity index (χ0) is 20.6. The van der Waals surface area contributed by atoms with Crippen LogP contribution < -0.4 is 10.6 Å². The van der Waals surface area contributed by atoms with Crippen molar-refractivity contribution in [2.75, 3.05) is 23.7 Å². The number of likely N-dealkylation sites (tertiary alicyclic amines) is 1. The number of piperidine rings is 1. The average molecular weight is 439 g/mol. The molecule has 2 aliphatic carbocycles. The first-order valence-electron chi connectivity index (χ1n) is 11.8. The molecule has 8 heteroatoms. The molecule has 2 fully saturated rings. The van der Waals surface area contributed by atoms with E-state index >= 15 is 0 Å². The maximum atomic E-state index is 4.95. The summed E-state index contributed by atoms with van der Waals surface area (Å²) >= 11 is 1.83. The van der Waals surface area contributed by atoms with E-state index in [1.54, 1.807) is 12.5 Å². The maximum Gasteiger partial charge on any atom is 0.230 e. The Balaban J connectivity index is 1.23. The van der Waals surface area contributed by atoms with Crippen LogP contribution in [0.25, 0.3) is 10.2 Å². The SMILES string of the molecule is c1nocc1Nc1nc(N[C@H]2CC[C@H](N3CCCCC3)CC2)c2c3c(sc2n1)CCC3. The lowest BCUT2D eigenvalue weighted by molar-refractivity contribution is 0.127. The second kappa shape index (κ2) is 8.39. The van der Waals surface area contributed by atoms with Crippen LogP contribution in [0.5, 0.6) is 0 Å². The van der Waals surface area contributed by atoms with Crippen LogP contribution in [0, 0.1) is 0 Å². The van der Waals surface area contributed by atoms with Gasteiger partial charge in [0, 0.05) is 17.0 Å². The number of anilines is 3. The molecule has 3 aromatic heterocycles. The summed E-state index contributed by atoms with van der Waals surface area (Å²) in [6.45, 7) is 2.60. The van der Waals surface area contributed by atoms with E-state index in [2.05, 4.69) is 20.7 Å². The van der Waals surface area contributed by atoms with Crippen molar-refractivity contribution >= 4 is 39.0 Å². The van der Waals surface area contributed by atoms with E-state index in [-0.39, 0.29) is 0 Å². The molecule has 0 aromatic carbocycles. The first-order valence-corrected chi connectivity index (χ1v) is 12.6. The Morgan fingerprint density at radius 2 is 1.87 bits per heavy atom. The molecule has 3 aromatic rings. The third kappa shape index (κ3) is 3.91. The van der Waals surface area contributed by atoms with Gasteiger partial charge in [0.2, 0.25) is 5.95 Å². The van der Waals surface area contributed by atoms with Crippen molar-refractivity contribution in [2.45, 2.75) is 76.3 Å². The largest absolute Gasteiger partial charge is 0.367 e. The van der Waals surface area contributed by atoms with Crippen LogP contribution in [-0.4, -0.2) is 45.2 Å². The van der Waals surface area contributed by atoms with E-state index in [4.69, 9.17) is 14.5 Å². The molecular formula is C23H30N6OS. The smallest absolute Gasteiger partial charge is 0.230 e. The molecule has 0 amide bonds. The third-order valence-electron chi connectivity index (χ3n) is 7.20. The van der Waals surface area contributed by atoms with Crippen LogP contribution in [0.3, 0.4) is 0 Å². The van der Waals surface area contributed by atoms with Crippen LogP contribution in [0.4, 0.5) is 17.5 Å². The van der Waals surface area contributed by atoms with Gasteiger partial charge in [0.05, 0.1) is 11.6 Å². The normalized spacial score (nSPS) is 24.4. The lowest BCUT2D eigenvalue weighted by Gasteiger charge is -2.39. The summed E-state index contributed by atoms with van der Waals surface area (Å²) < 4.78 is 4.95. The minimum atomic E-state index is 0.486. The quantitative estimate of drug-likeness (QED) is 0.572. The van der Waals surface area contributed by atoms with E-state index in [9.17, 15) is 0 Å². The molecule has 164 valence electrons. The van der Waals surface area contributed by atoms with Gasteiger partial charge in [0.15, 0.2) is 0 Å². The van der Waals surface area contributed by atoms with E-state index in [0.29, 0.717) is 12.0 Å². The number of nitrogens with zero attached hydrogens (tertiary/aromatic N) is 4. The highest BCUT2D eigenvalue weighted by atomic mass is 32.1. The minimum absolute atomic E-state index is 0.486. The second-order valence-electron chi connectivity index (χ2n) is 9.22. The van der Waals surface area contributed by atoms with Gasteiger partial charge >= 0.3 is 0 Å². The highest BCUT2D eigenvalue weighted by Gasteiger charge is 2.28. The van der Waals surface area contributed by atoms with Gasteiger partial charge in [-0.3, -0.25) is 0 Å². The number of hydrogen-bond acceptors (Lipinski definition) is 8. The number of fused-ring (bicyclic) bond motifs is 3. The van der Waals surface area contributed by atoms with E-state index in [1.165, 1.54) is 86.7 Å². The summed E-state index contributed by atoms with van der Waals surface area (Å²) in [5, 5.41) is 12.1. The highest BCUT2D eigenvalue weighted by Crippen LogP contribution is 2.41. The van der Waals surface area contributed by atoms with Gasteiger partial charge in [-0.1, -0.05) is 11.6 Å². The summed E-state index contributed by atoms with van der Waals surface area (Å²) in [6.07, 6.45) is 16.0. The van der Waals surface area contributed by atoms with Gasteiger partial charge in [-0.05, 0) is 76.4 Å². The van der Waals surface area contributed by atoms with Crippen molar-refractivity contribution < 1.29 is 4.52 Å². The molecule has 1 saturated carbocycles. The molecule has 2 N–H and O–H groups in total. The number of thiophene rings is 1. The van der Waals surface area contributed by atoms with Crippen molar-refractivity contribution in [1.29, 1.82) is 0 Å². The van der Waals surface area contributed by atoms with Crippen LogP contribution in [0.2, 0.25) is 0 Å². The van der Waals surface area contributed by atoms with Crippen LogP contribution in [-0.2, 0) is 12.8 Å². The van der Waals surface area contributed by atoms with Crippen molar-refractivity contribution in [3.63, 3.8) is 0 Å². The molecule has 7 nitrogen and oxygen atoms in total. The standard InChI is InChI=1S/C23H30N6OS/c1-2-11-29(12-3-1)17-9-7-15(8-10-17)25-21-20-18-5-4-6-19(18)31-22(20)28-23(27-21)26-16-13-24-30-14-16/h13-15,17H,1-12H2,(H2,25,26,27,28)/t15-,17-. The monoisotopic (exact) mass is 438 g/mol. The number of nitrogens with one attached hydrogen (secondary N) is 2. The molecule has 1 saturated heterocycles. The Morgan fingerprint density at radius 1 is 1.00 bits per heavy atom. The Kier molecular flexibility index (Phi) is 5.28. The molecular weight excluding hydrogens is 408 g/mol. The Bertz CT molecular complexity index is 1030. The van der Waals surface area contributed by atoms with Gasteiger partial charge < -0.3 is 20.1 Å². The van der Waals surface area contributed by atoms with Gasteiger partial charge in [0.1, 0.15) is 22.6 Å². The Labute approximate surface area is 186 Å². The van der Waals surface area contributed by atoms with Crippen LogP contribution in [0.1, 0.15) is 61.8 Å². The lowest BCUT2D eigenvalue weighted by atomic mass is 9.89. The predicted octanol–water partition coefficient (Wildman–Crippen LogP) is 5.12. The van der Waals surface area contributed by atoms with Crippen LogP contribution >= 0.6 is 11.3 Å². The molecule has 0 atom stereocenters.